The lowest BCUT2D eigenvalue weighted by atomic mass is 9.77. The summed E-state index contributed by atoms with van der Waals surface area (Å²) in [5.74, 6) is 1.13. The summed E-state index contributed by atoms with van der Waals surface area (Å²) >= 11 is 6.03. The highest BCUT2D eigenvalue weighted by Crippen LogP contribution is 2.35. The van der Waals surface area contributed by atoms with Gasteiger partial charge in [-0.3, -0.25) is 0 Å². The van der Waals surface area contributed by atoms with E-state index in [2.05, 4.69) is 29.6 Å². The molecular formula is C17H18ClNO2. The molecule has 0 radical (unpaired) electrons. The van der Waals surface area contributed by atoms with Crippen LogP contribution < -0.4 is 10.1 Å². The Morgan fingerprint density at radius 2 is 2.14 bits per heavy atom. The van der Waals surface area contributed by atoms with Crippen molar-refractivity contribution in [2.24, 2.45) is 0 Å². The molecule has 0 aromatic heterocycles. The lowest BCUT2D eigenvalue weighted by molar-refractivity contribution is 0.369. The largest absolute Gasteiger partial charge is 0.504 e. The molecule has 2 aromatic rings. The Bertz CT molecular complexity index is 657. The summed E-state index contributed by atoms with van der Waals surface area (Å²) in [5, 5.41) is 14.0. The number of hydrogen-bond acceptors (Lipinski definition) is 3. The molecule has 0 bridgehead atoms. The van der Waals surface area contributed by atoms with Crippen molar-refractivity contribution in [1.82, 2.24) is 5.32 Å². The molecule has 0 fully saturated rings. The van der Waals surface area contributed by atoms with E-state index in [4.69, 9.17) is 16.3 Å². The van der Waals surface area contributed by atoms with Gasteiger partial charge in [0.1, 0.15) is 0 Å². The number of fused-ring (bicyclic) bond motifs is 1. The molecule has 110 valence electrons. The minimum atomic E-state index is 0.156. The van der Waals surface area contributed by atoms with Crippen molar-refractivity contribution >= 4 is 11.6 Å². The smallest absolute Gasteiger partial charge is 0.162 e. The van der Waals surface area contributed by atoms with E-state index in [9.17, 15) is 5.11 Å². The number of methoxy groups -OCH3 is 1. The summed E-state index contributed by atoms with van der Waals surface area (Å²) in [6.45, 7) is 1.46. The molecule has 0 spiro atoms. The molecule has 0 saturated heterocycles. The Kier molecular flexibility index (Phi) is 4.04. The van der Waals surface area contributed by atoms with Crippen LogP contribution in [0.25, 0.3) is 0 Å². The molecule has 3 rings (SSSR count). The second-order valence-electron chi connectivity index (χ2n) is 5.35. The molecule has 1 atom stereocenters. The first-order chi connectivity index (χ1) is 10.2. The van der Waals surface area contributed by atoms with E-state index >= 15 is 0 Å². The lowest BCUT2D eigenvalue weighted by Gasteiger charge is -2.30. The Hall–Kier alpha value is -1.71. The molecule has 3 nitrogen and oxygen atoms in total. The minimum absolute atomic E-state index is 0.156. The van der Waals surface area contributed by atoms with Crippen LogP contribution in [0.4, 0.5) is 0 Å². The first-order valence-electron chi connectivity index (χ1n) is 7.03. The van der Waals surface area contributed by atoms with E-state index in [0.717, 1.165) is 18.5 Å². The Morgan fingerprint density at radius 3 is 2.90 bits per heavy atom. The maximum absolute atomic E-state index is 10.1. The van der Waals surface area contributed by atoms with E-state index in [0.29, 0.717) is 23.2 Å². The van der Waals surface area contributed by atoms with Crippen molar-refractivity contribution in [2.75, 3.05) is 13.7 Å². The Labute approximate surface area is 129 Å². The van der Waals surface area contributed by atoms with E-state index in [1.54, 1.807) is 12.1 Å². The topological polar surface area (TPSA) is 41.5 Å². The van der Waals surface area contributed by atoms with Gasteiger partial charge in [0.15, 0.2) is 11.5 Å². The molecule has 4 heteroatoms. The molecule has 1 unspecified atom stereocenters. The van der Waals surface area contributed by atoms with Crippen LogP contribution in [0.3, 0.4) is 0 Å². The molecule has 0 heterocycles. The zero-order valence-electron chi connectivity index (χ0n) is 11.9. The quantitative estimate of drug-likeness (QED) is 0.888. The second kappa shape index (κ2) is 5.96. The van der Waals surface area contributed by atoms with Crippen molar-refractivity contribution in [1.29, 1.82) is 0 Å². The fourth-order valence-corrected chi connectivity index (χ4v) is 3.08. The predicted molar refractivity (Wildman–Crippen MR) is 84.3 cm³/mol. The average Bonchev–Trinajstić information content (AvgIpc) is 2.46. The highest BCUT2D eigenvalue weighted by atomic mass is 35.5. The summed E-state index contributed by atoms with van der Waals surface area (Å²) < 4.78 is 5.11. The maximum Gasteiger partial charge on any atom is 0.162 e. The Morgan fingerprint density at radius 1 is 1.33 bits per heavy atom. The van der Waals surface area contributed by atoms with Crippen molar-refractivity contribution in [3.05, 3.63) is 58.1 Å². The van der Waals surface area contributed by atoms with Crippen molar-refractivity contribution in [3.8, 4) is 11.5 Å². The third-order valence-electron chi connectivity index (χ3n) is 4.01. The number of aromatic hydroxyl groups is 1. The van der Waals surface area contributed by atoms with Gasteiger partial charge in [-0.05, 0) is 23.6 Å². The monoisotopic (exact) mass is 303 g/mol. The number of benzene rings is 2. The third kappa shape index (κ3) is 2.85. The van der Waals surface area contributed by atoms with E-state index in [1.807, 2.05) is 0 Å². The van der Waals surface area contributed by atoms with Gasteiger partial charge in [0, 0.05) is 35.7 Å². The van der Waals surface area contributed by atoms with Crippen LogP contribution in [0.5, 0.6) is 11.5 Å². The fourth-order valence-electron chi connectivity index (χ4n) is 2.84. The lowest BCUT2D eigenvalue weighted by Crippen LogP contribution is -2.28. The van der Waals surface area contributed by atoms with E-state index in [1.165, 1.54) is 18.2 Å². The van der Waals surface area contributed by atoms with Crippen LogP contribution in [-0.4, -0.2) is 18.8 Å². The number of phenolic OH excluding ortho intramolecular Hbond substituents is 1. The summed E-state index contributed by atoms with van der Waals surface area (Å²) in [6.07, 6.45) is 1.12. The fraction of sp³-hybridized carbons (Fsp3) is 0.294. The van der Waals surface area contributed by atoms with Gasteiger partial charge in [-0.1, -0.05) is 35.9 Å². The molecule has 2 N–H and O–H groups in total. The van der Waals surface area contributed by atoms with Crippen molar-refractivity contribution in [3.63, 3.8) is 0 Å². The van der Waals surface area contributed by atoms with Gasteiger partial charge in [-0.15, -0.1) is 0 Å². The van der Waals surface area contributed by atoms with E-state index in [-0.39, 0.29) is 5.75 Å². The van der Waals surface area contributed by atoms with Gasteiger partial charge < -0.3 is 15.2 Å². The number of ether oxygens (including phenoxy) is 1. The minimum Gasteiger partial charge on any atom is -0.504 e. The molecule has 1 aliphatic carbocycles. The van der Waals surface area contributed by atoms with Gasteiger partial charge in [-0.25, -0.2) is 0 Å². The Balaban J connectivity index is 1.61. The average molecular weight is 304 g/mol. The van der Waals surface area contributed by atoms with Gasteiger partial charge >= 0.3 is 0 Å². The highest BCUT2D eigenvalue weighted by molar-refractivity contribution is 6.30. The molecule has 2 aromatic carbocycles. The molecular weight excluding hydrogens is 286 g/mol. The third-order valence-corrected chi connectivity index (χ3v) is 4.22. The summed E-state index contributed by atoms with van der Waals surface area (Å²) in [6, 6.07) is 11.9. The standard InChI is InChI=1S/C17H18ClNO2/c1-21-16-8-14(18)7-13(17(16)20)10-19-9-12-6-11-4-2-3-5-15(11)12/h2-5,7-8,12,19-20H,6,9-10H2,1H3. The molecule has 21 heavy (non-hydrogen) atoms. The van der Waals surface area contributed by atoms with Crippen molar-refractivity contribution < 1.29 is 9.84 Å². The van der Waals surface area contributed by atoms with Crippen LogP contribution in [-0.2, 0) is 13.0 Å². The van der Waals surface area contributed by atoms with E-state index < -0.39 is 0 Å². The van der Waals surface area contributed by atoms with Crippen LogP contribution in [0.1, 0.15) is 22.6 Å². The normalized spacial score (nSPS) is 16.2. The summed E-state index contributed by atoms with van der Waals surface area (Å²) in [5.41, 5.74) is 3.63. The molecule has 0 aliphatic heterocycles. The van der Waals surface area contributed by atoms with Crippen LogP contribution in [0.2, 0.25) is 5.02 Å². The first-order valence-corrected chi connectivity index (χ1v) is 7.40. The molecule has 0 saturated carbocycles. The van der Waals surface area contributed by atoms with Crippen LogP contribution in [0.15, 0.2) is 36.4 Å². The summed E-state index contributed by atoms with van der Waals surface area (Å²) in [7, 11) is 1.52. The number of hydrogen-bond donors (Lipinski definition) is 2. The van der Waals surface area contributed by atoms with Crippen LogP contribution in [0, 0.1) is 0 Å². The predicted octanol–water partition coefficient (Wildman–Crippen LogP) is 3.48. The highest BCUT2D eigenvalue weighted by Gasteiger charge is 2.24. The van der Waals surface area contributed by atoms with Crippen molar-refractivity contribution in [2.45, 2.75) is 18.9 Å². The number of nitrogens with one attached hydrogen (secondary N) is 1. The number of rotatable bonds is 5. The SMILES string of the molecule is COc1cc(Cl)cc(CNCC2Cc3ccccc32)c1O. The molecule has 1 aliphatic rings. The maximum atomic E-state index is 10.1. The number of halogens is 1. The first kappa shape index (κ1) is 14.2. The van der Waals surface area contributed by atoms with Gasteiger partial charge in [0.05, 0.1) is 7.11 Å². The van der Waals surface area contributed by atoms with Gasteiger partial charge in [0.2, 0.25) is 0 Å². The second-order valence-corrected chi connectivity index (χ2v) is 5.78. The van der Waals surface area contributed by atoms with Gasteiger partial charge in [0.25, 0.3) is 0 Å². The molecule has 0 amide bonds. The summed E-state index contributed by atoms with van der Waals surface area (Å²) in [4.78, 5) is 0. The zero-order valence-corrected chi connectivity index (χ0v) is 12.7. The number of phenols is 1. The zero-order chi connectivity index (χ0) is 14.8. The van der Waals surface area contributed by atoms with Crippen LogP contribution >= 0.6 is 11.6 Å². The van der Waals surface area contributed by atoms with Gasteiger partial charge in [-0.2, -0.15) is 0 Å².